The van der Waals surface area contributed by atoms with Gasteiger partial charge in [-0.3, -0.25) is 0 Å². The summed E-state index contributed by atoms with van der Waals surface area (Å²) in [6.07, 6.45) is 4.96. The number of ether oxygens (including phenoxy) is 3. The largest absolute Gasteiger partial charge is 0.465 e. The van der Waals surface area contributed by atoms with E-state index in [1.165, 1.54) is 7.11 Å². The predicted octanol–water partition coefficient (Wildman–Crippen LogP) is 7.12. The third-order valence-electron chi connectivity index (χ3n) is 8.46. The van der Waals surface area contributed by atoms with Gasteiger partial charge in [-0.15, -0.1) is 0 Å². The minimum absolute atomic E-state index is 0.317. The van der Waals surface area contributed by atoms with Crippen LogP contribution in [0, 0.1) is 0 Å². The molecule has 8 rings (SSSR count). The Hall–Kier alpha value is -3.24. The molecule has 2 aliphatic carbocycles. The van der Waals surface area contributed by atoms with Gasteiger partial charge in [0.2, 0.25) is 5.82 Å². The van der Waals surface area contributed by atoms with Crippen LogP contribution in [0.25, 0.3) is 22.6 Å². The minimum atomic E-state index is -0.691. The molecule has 2 bridgehead atoms. The van der Waals surface area contributed by atoms with Gasteiger partial charge in [-0.2, -0.15) is 4.98 Å². The van der Waals surface area contributed by atoms with Crippen molar-refractivity contribution in [3.63, 3.8) is 0 Å². The van der Waals surface area contributed by atoms with E-state index in [4.69, 9.17) is 46.5 Å². The number of aromatic nitrogens is 3. The molecule has 11 heteroatoms. The summed E-state index contributed by atoms with van der Waals surface area (Å²) in [5.41, 5.74) is 1.95. The third-order valence-corrected chi connectivity index (χ3v) is 9.09. The summed E-state index contributed by atoms with van der Waals surface area (Å²) in [6.45, 7) is 0.702. The highest BCUT2D eigenvalue weighted by Gasteiger charge is 2.54. The Labute approximate surface area is 246 Å². The maximum absolute atomic E-state index is 12.3. The van der Waals surface area contributed by atoms with Crippen molar-refractivity contribution in [3.8, 4) is 22.6 Å². The molecule has 0 N–H and O–H groups in total. The van der Waals surface area contributed by atoms with E-state index in [1.54, 1.807) is 30.3 Å². The molecule has 9 nitrogen and oxygen atoms in total. The highest BCUT2D eigenvalue weighted by atomic mass is 35.5. The molecule has 4 aromatic rings. The molecule has 0 spiro atoms. The normalized spacial score (nSPS) is 23.6. The molecule has 2 saturated carbocycles. The molecule has 4 heterocycles. The molecule has 2 aromatic heterocycles. The molecular formula is C30H27Cl2N3O6. The fourth-order valence-corrected chi connectivity index (χ4v) is 6.46. The average molecular weight is 596 g/mol. The van der Waals surface area contributed by atoms with Gasteiger partial charge < -0.3 is 23.3 Å². The summed E-state index contributed by atoms with van der Waals surface area (Å²) in [4.78, 5) is 16.9. The van der Waals surface area contributed by atoms with Crippen LogP contribution in [0.4, 0.5) is 0 Å². The Morgan fingerprint density at radius 3 is 2.44 bits per heavy atom. The standard InChI is InChI=1S/C30H27Cl2N3O6/c1-37-27(36)19-6-3-2-5-18(19)26-33-28(41-35-26)30-13-11-29(12-14-30,16-39-30)38-15-20-24(34-40-25(20)17-9-10-17)23-21(31)7-4-8-22(23)32/h2-8,17H,9-16H2,1H3. The van der Waals surface area contributed by atoms with Gasteiger partial charge in [-0.1, -0.05) is 57.8 Å². The fraction of sp³-hybridized carbons (Fsp3) is 0.400. The average Bonchev–Trinajstić information content (AvgIpc) is 3.57. The number of esters is 1. The molecule has 0 radical (unpaired) electrons. The first kappa shape index (κ1) is 26.6. The van der Waals surface area contributed by atoms with Gasteiger partial charge in [0.1, 0.15) is 17.1 Å². The molecule has 0 amide bonds. The van der Waals surface area contributed by atoms with E-state index in [2.05, 4.69) is 15.3 Å². The van der Waals surface area contributed by atoms with Crippen LogP contribution in [-0.4, -0.2) is 40.6 Å². The minimum Gasteiger partial charge on any atom is -0.465 e. The zero-order valence-electron chi connectivity index (χ0n) is 22.3. The lowest BCUT2D eigenvalue weighted by Crippen LogP contribution is -2.54. The Morgan fingerprint density at radius 1 is 1.00 bits per heavy atom. The van der Waals surface area contributed by atoms with E-state index < -0.39 is 17.2 Å². The van der Waals surface area contributed by atoms with Crippen molar-refractivity contribution >= 4 is 29.2 Å². The number of carbonyl (C=O) groups is 1. The third kappa shape index (κ3) is 4.65. The van der Waals surface area contributed by atoms with Gasteiger partial charge in [0.25, 0.3) is 5.89 Å². The quantitative estimate of drug-likeness (QED) is 0.196. The van der Waals surface area contributed by atoms with Crippen LogP contribution in [0.5, 0.6) is 0 Å². The van der Waals surface area contributed by atoms with Crippen molar-refractivity contribution in [3.05, 3.63) is 75.3 Å². The van der Waals surface area contributed by atoms with Crippen molar-refractivity contribution in [1.82, 2.24) is 15.3 Å². The van der Waals surface area contributed by atoms with Crippen LogP contribution < -0.4 is 0 Å². The number of nitrogens with zero attached hydrogens (tertiary/aromatic N) is 3. The molecule has 0 atom stereocenters. The molecule has 4 aliphatic rings. The monoisotopic (exact) mass is 595 g/mol. The van der Waals surface area contributed by atoms with Crippen LogP contribution in [-0.2, 0) is 26.4 Å². The Morgan fingerprint density at radius 2 is 1.76 bits per heavy atom. The van der Waals surface area contributed by atoms with Crippen LogP contribution in [0.3, 0.4) is 0 Å². The maximum Gasteiger partial charge on any atom is 0.338 e. The van der Waals surface area contributed by atoms with Gasteiger partial charge >= 0.3 is 5.97 Å². The van der Waals surface area contributed by atoms with E-state index in [1.807, 2.05) is 12.1 Å². The van der Waals surface area contributed by atoms with Crippen LogP contribution in [0.1, 0.15) is 72.0 Å². The zero-order chi connectivity index (χ0) is 28.2. The highest BCUT2D eigenvalue weighted by Crippen LogP contribution is 2.52. The van der Waals surface area contributed by atoms with E-state index in [0.29, 0.717) is 76.1 Å². The molecule has 2 aliphatic heterocycles. The SMILES string of the molecule is COC(=O)c1ccccc1-c1noc(C23CCC(OCc4c(-c5c(Cl)cccc5Cl)noc4C4CC4)(CC2)CO3)n1. The molecule has 4 fully saturated rings. The second-order valence-electron chi connectivity index (χ2n) is 11.0. The van der Waals surface area contributed by atoms with E-state index in [-0.39, 0.29) is 0 Å². The summed E-state index contributed by atoms with van der Waals surface area (Å²) in [5.74, 6) is 1.46. The van der Waals surface area contributed by atoms with Gasteiger partial charge in [-0.05, 0) is 56.7 Å². The van der Waals surface area contributed by atoms with Crippen LogP contribution >= 0.6 is 23.2 Å². The molecule has 2 saturated heterocycles. The second kappa shape index (κ2) is 10.2. The number of hydrogen-bond acceptors (Lipinski definition) is 9. The smallest absolute Gasteiger partial charge is 0.338 e. The van der Waals surface area contributed by atoms with Crippen molar-refractivity contribution in [1.29, 1.82) is 0 Å². The summed E-state index contributed by atoms with van der Waals surface area (Å²) >= 11 is 13.1. The topological polar surface area (TPSA) is 110 Å². The molecule has 212 valence electrons. The number of rotatable bonds is 8. The number of carbonyl (C=O) groups excluding carboxylic acids is 1. The number of halogens is 2. The lowest BCUT2D eigenvalue weighted by atomic mass is 9.73. The zero-order valence-corrected chi connectivity index (χ0v) is 23.8. The van der Waals surface area contributed by atoms with Crippen molar-refractivity contribution in [2.24, 2.45) is 0 Å². The van der Waals surface area contributed by atoms with Gasteiger partial charge in [0, 0.05) is 22.6 Å². The van der Waals surface area contributed by atoms with E-state index in [9.17, 15) is 4.79 Å². The summed E-state index contributed by atoms with van der Waals surface area (Å²) in [7, 11) is 1.34. The van der Waals surface area contributed by atoms with Crippen molar-refractivity contribution in [2.75, 3.05) is 13.7 Å². The van der Waals surface area contributed by atoms with Gasteiger partial charge in [-0.25, -0.2) is 4.79 Å². The Kier molecular flexibility index (Phi) is 6.65. The molecular weight excluding hydrogens is 569 g/mol. The van der Waals surface area contributed by atoms with Crippen LogP contribution in [0.2, 0.25) is 10.0 Å². The number of hydrogen-bond donors (Lipinski definition) is 0. The number of fused-ring (bicyclic) bond motifs is 3. The Balaban J connectivity index is 1.09. The lowest BCUT2D eigenvalue weighted by molar-refractivity contribution is -0.250. The van der Waals surface area contributed by atoms with Crippen LogP contribution in [0.15, 0.2) is 51.5 Å². The molecule has 2 aromatic carbocycles. The number of benzene rings is 2. The van der Waals surface area contributed by atoms with Crippen molar-refractivity contribution < 1.29 is 28.1 Å². The first-order chi connectivity index (χ1) is 19.9. The molecule has 0 unspecified atom stereocenters. The maximum atomic E-state index is 12.3. The first-order valence-corrected chi connectivity index (χ1v) is 14.4. The second-order valence-corrected chi connectivity index (χ2v) is 11.8. The van der Waals surface area contributed by atoms with Gasteiger partial charge in [0.05, 0.1) is 41.5 Å². The van der Waals surface area contributed by atoms with E-state index >= 15 is 0 Å². The lowest BCUT2D eigenvalue weighted by Gasteiger charge is -2.50. The number of methoxy groups -OCH3 is 1. The Bertz CT molecular complexity index is 1580. The summed E-state index contributed by atoms with van der Waals surface area (Å²) in [5, 5.41) is 9.59. The van der Waals surface area contributed by atoms with E-state index in [0.717, 1.165) is 37.0 Å². The highest BCUT2D eigenvalue weighted by molar-refractivity contribution is 6.39. The van der Waals surface area contributed by atoms with Crippen molar-refractivity contribution in [2.45, 2.75) is 62.3 Å². The summed E-state index contributed by atoms with van der Waals surface area (Å²) < 4.78 is 29.5. The fourth-order valence-electron chi connectivity index (χ4n) is 5.89. The first-order valence-electron chi connectivity index (χ1n) is 13.6. The predicted molar refractivity (Wildman–Crippen MR) is 149 cm³/mol. The van der Waals surface area contributed by atoms with Gasteiger partial charge in [0.15, 0.2) is 0 Å². The summed E-state index contributed by atoms with van der Waals surface area (Å²) in [6, 6.07) is 12.4. The molecule has 41 heavy (non-hydrogen) atoms.